The van der Waals surface area contributed by atoms with Gasteiger partial charge in [-0.15, -0.1) is 11.6 Å². The van der Waals surface area contributed by atoms with Crippen LogP contribution in [0.15, 0.2) is 29.2 Å². The number of nitrogens with one attached hydrogen (secondary N) is 1. The number of hydrogen-bond donors (Lipinski definition) is 1. The first-order valence-corrected chi connectivity index (χ1v) is 7.68. The van der Waals surface area contributed by atoms with Gasteiger partial charge in [-0.3, -0.25) is 0 Å². The van der Waals surface area contributed by atoms with Crippen molar-refractivity contribution in [3.05, 3.63) is 24.3 Å². The molecule has 0 bridgehead atoms. The molecule has 18 heavy (non-hydrogen) atoms. The topological polar surface area (TPSA) is 49.4 Å². The Kier molecular flexibility index (Phi) is 5.44. The molecule has 1 rings (SSSR count). The Bertz CT molecular complexity index is 489. The second kappa shape index (κ2) is 6.41. The molecule has 6 heteroatoms. The van der Waals surface area contributed by atoms with Crippen LogP contribution in [0.4, 0.5) is 5.69 Å². The lowest BCUT2D eigenvalue weighted by molar-refractivity contribution is 0.521. The van der Waals surface area contributed by atoms with Crippen molar-refractivity contribution >= 4 is 27.3 Å². The second-order valence-corrected chi connectivity index (χ2v) is 6.85. The van der Waals surface area contributed by atoms with E-state index in [1.54, 1.807) is 18.2 Å². The van der Waals surface area contributed by atoms with Crippen LogP contribution in [0, 0.1) is 5.92 Å². The van der Waals surface area contributed by atoms with Gasteiger partial charge in [0.05, 0.1) is 5.69 Å². The highest BCUT2D eigenvalue weighted by Crippen LogP contribution is 2.23. The minimum Gasteiger partial charge on any atom is -0.384 e. The molecule has 1 aromatic carbocycles. The summed E-state index contributed by atoms with van der Waals surface area (Å²) >= 11 is 5.73. The fraction of sp³-hybridized carbons (Fsp3) is 0.500. The number of benzene rings is 1. The van der Waals surface area contributed by atoms with E-state index >= 15 is 0 Å². The fourth-order valence-electron chi connectivity index (χ4n) is 1.37. The van der Waals surface area contributed by atoms with E-state index in [1.165, 1.54) is 18.4 Å². The number of hydrogen-bond acceptors (Lipinski definition) is 3. The SMILES string of the molecule is CC(CCl)CNc1ccccc1S(=O)(=O)N(C)C. The number of sulfonamides is 1. The molecule has 0 saturated heterocycles. The van der Waals surface area contributed by atoms with Crippen molar-refractivity contribution in [2.45, 2.75) is 11.8 Å². The highest BCUT2D eigenvalue weighted by Gasteiger charge is 2.20. The summed E-state index contributed by atoms with van der Waals surface area (Å²) in [4.78, 5) is 0.289. The predicted molar refractivity (Wildman–Crippen MR) is 75.7 cm³/mol. The lowest BCUT2D eigenvalue weighted by atomic mass is 10.2. The van der Waals surface area contributed by atoms with Crippen molar-refractivity contribution in [2.24, 2.45) is 5.92 Å². The van der Waals surface area contributed by atoms with Gasteiger partial charge in [-0.05, 0) is 18.1 Å². The number of alkyl halides is 1. The molecule has 4 nitrogen and oxygen atoms in total. The van der Waals surface area contributed by atoms with Gasteiger partial charge in [-0.2, -0.15) is 0 Å². The van der Waals surface area contributed by atoms with Crippen LogP contribution in [0.5, 0.6) is 0 Å². The lowest BCUT2D eigenvalue weighted by Crippen LogP contribution is -2.24. The highest BCUT2D eigenvalue weighted by molar-refractivity contribution is 7.89. The van der Waals surface area contributed by atoms with Crippen LogP contribution in [0.3, 0.4) is 0 Å². The van der Waals surface area contributed by atoms with Crippen LogP contribution in [-0.2, 0) is 10.0 Å². The molecule has 0 aliphatic heterocycles. The van der Waals surface area contributed by atoms with Crippen molar-refractivity contribution in [2.75, 3.05) is 31.8 Å². The number of para-hydroxylation sites is 1. The maximum Gasteiger partial charge on any atom is 0.244 e. The maximum absolute atomic E-state index is 12.1. The van der Waals surface area contributed by atoms with Crippen molar-refractivity contribution in [3.63, 3.8) is 0 Å². The predicted octanol–water partition coefficient (Wildman–Crippen LogP) is 2.22. The number of nitrogens with zero attached hydrogens (tertiary/aromatic N) is 1. The van der Waals surface area contributed by atoms with Gasteiger partial charge in [-0.1, -0.05) is 19.1 Å². The van der Waals surface area contributed by atoms with Crippen molar-refractivity contribution in [1.29, 1.82) is 0 Å². The van der Waals surface area contributed by atoms with Crippen LogP contribution >= 0.6 is 11.6 Å². The van der Waals surface area contributed by atoms with E-state index in [9.17, 15) is 8.42 Å². The molecule has 0 aromatic heterocycles. The standard InChI is InChI=1S/C12H19ClN2O2S/c1-10(8-13)9-14-11-6-4-5-7-12(11)18(16,17)15(2)3/h4-7,10,14H,8-9H2,1-3H3. The minimum atomic E-state index is -3.42. The molecule has 0 amide bonds. The number of rotatable bonds is 6. The molecule has 1 atom stereocenters. The summed E-state index contributed by atoms with van der Waals surface area (Å²) in [6, 6.07) is 6.88. The number of anilines is 1. The average Bonchev–Trinajstić information content (AvgIpc) is 2.35. The Balaban J connectivity index is 3.01. The molecule has 0 saturated carbocycles. The van der Waals surface area contributed by atoms with Gasteiger partial charge < -0.3 is 5.32 Å². The van der Waals surface area contributed by atoms with Crippen molar-refractivity contribution in [1.82, 2.24) is 4.31 Å². The van der Waals surface area contributed by atoms with E-state index in [1.807, 2.05) is 13.0 Å². The normalized spacial score (nSPS) is 13.6. The van der Waals surface area contributed by atoms with Crippen LogP contribution < -0.4 is 5.32 Å². The molecule has 1 aromatic rings. The zero-order valence-electron chi connectivity index (χ0n) is 10.9. The second-order valence-electron chi connectivity index (χ2n) is 4.42. The van der Waals surface area contributed by atoms with Gasteiger partial charge in [0, 0.05) is 26.5 Å². The smallest absolute Gasteiger partial charge is 0.244 e. The molecule has 0 heterocycles. The highest BCUT2D eigenvalue weighted by atomic mass is 35.5. The largest absolute Gasteiger partial charge is 0.384 e. The van der Waals surface area contributed by atoms with Gasteiger partial charge in [0.1, 0.15) is 4.90 Å². The summed E-state index contributed by atoms with van der Waals surface area (Å²) in [6.45, 7) is 2.65. The van der Waals surface area contributed by atoms with E-state index in [-0.39, 0.29) is 10.8 Å². The molecular weight excluding hydrogens is 272 g/mol. The Morgan fingerprint density at radius 3 is 2.50 bits per heavy atom. The summed E-state index contributed by atoms with van der Waals surface area (Å²) in [5, 5.41) is 3.13. The van der Waals surface area contributed by atoms with Gasteiger partial charge in [-0.25, -0.2) is 12.7 Å². The van der Waals surface area contributed by atoms with Crippen LogP contribution in [0.1, 0.15) is 6.92 Å². The van der Waals surface area contributed by atoms with Crippen LogP contribution in [-0.4, -0.2) is 39.2 Å². The van der Waals surface area contributed by atoms with E-state index in [0.29, 0.717) is 18.1 Å². The van der Waals surface area contributed by atoms with E-state index in [2.05, 4.69) is 5.32 Å². The molecular formula is C12H19ClN2O2S. The van der Waals surface area contributed by atoms with Gasteiger partial charge in [0.15, 0.2) is 0 Å². The molecule has 0 aliphatic carbocycles. The third-order valence-corrected chi connectivity index (χ3v) is 4.95. The monoisotopic (exact) mass is 290 g/mol. The van der Waals surface area contributed by atoms with Crippen LogP contribution in [0.25, 0.3) is 0 Å². The van der Waals surface area contributed by atoms with Crippen LogP contribution in [0.2, 0.25) is 0 Å². The summed E-state index contributed by atoms with van der Waals surface area (Å²) in [7, 11) is -0.382. The molecule has 0 radical (unpaired) electrons. The third-order valence-electron chi connectivity index (χ3n) is 2.55. The first kappa shape index (κ1) is 15.3. The summed E-state index contributed by atoms with van der Waals surface area (Å²) in [6.07, 6.45) is 0. The van der Waals surface area contributed by atoms with Crippen molar-refractivity contribution in [3.8, 4) is 0 Å². The molecule has 0 aliphatic rings. The minimum absolute atomic E-state index is 0.279. The third kappa shape index (κ3) is 3.60. The Labute approximate surface area is 114 Å². The van der Waals surface area contributed by atoms with Gasteiger partial charge in [0.2, 0.25) is 10.0 Å². The number of halogens is 1. The molecule has 1 N–H and O–H groups in total. The van der Waals surface area contributed by atoms with E-state index < -0.39 is 10.0 Å². The molecule has 0 spiro atoms. The van der Waals surface area contributed by atoms with E-state index in [4.69, 9.17) is 11.6 Å². The first-order chi connectivity index (χ1) is 8.39. The summed E-state index contributed by atoms with van der Waals surface area (Å²) in [5.74, 6) is 0.817. The zero-order valence-corrected chi connectivity index (χ0v) is 12.4. The van der Waals surface area contributed by atoms with Gasteiger partial charge in [0.25, 0.3) is 0 Å². The molecule has 0 fully saturated rings. The maximum atomic E-state index is 12.1. The molecule has 102 valence electrons. The molecule has 1 unspecified atom stereocenters. The lowest BCUT2D eigenvalue weighted by Gasteiger charge is -2.17. The zero-order chi connectivity index (χ0) is 13.8. The van der Waals surface area contributed by atoms with Crippen molar-refractivity contribution < 1.29 is 8.42 Å². The van der Waals surface area contributed by atoms with Gasteiger partial charge >= 0.3 is 0 Å². The quantitative estimate of drug-likeness (QED) is 0.817. The first-order valence-electron chi connectivity index (χ1n) is 5.71. The average molecular weight is 291 g/mol. The Morgan fingerprint density at radius 1 is 1.33 bits per heavy atom. The summed E-state index contributed by atoms with van der Waals surface area (Å²) in [5.41, 5.74) is 0.614. The summed E-state index contributed by atoms with van der Waals surface area (Å²) < 4.78 is 25.5. The Hall–Kier alpha value is -0.780. The fourth-order valence-corrected chi connectivity index (χ4v) is 2.54. The Morgan fingerprint density at radius 2 is 1.94 bits per heavy atom. The van der Waals surface area contributed by atoms with E-state index in [0.717, 1.165) is 0 Å².